The molecule has 0 unspecified atom stereocenters. The molecule has 0 saturated heterocycles. The SMILES string of the molecule is CC1=C(C(=O)Nc2ccc(C)cc2)[C@@H](c2ccc(Br)cc2)n2ncnc2N1. The Morgan fingerprint density at radius 3 is 2.52 bits per heavy atom. The van der Waals surface area contributed by atoms with Gasteiger partial charge < -0.3 is 10.6 Å². The molecule has 1 amide bonds. The Balaban J connectivity index is 1.74. The van der Waals surface area contributed by atoms with E-state index >= 15 is 0 Å². The molecule has 1 aliphatic heterocycles. The highest BCUT2D eigenvalue weighted by Crippen LogP contribution is 2.35. The van der Waals surface area contributed by atoms with E-state index in [1.165, 1.54) is 6.33 Å². The second-order valence-electron chi connectivity index (χ2n) is 6.47. The van der Waals surface area contributed by atoms with Crippen LogP contribution in [0.25, 0.3) is 0 Å². The largest absolute Gasteiger partial charge is 0.328 e. The van der Waals surface area contributed by atoms with Crippen LogP contribution >= 0.6 is 15.9 Å². The van der Waals surface area contributed by atoms with Crippen LogP contribution in [0.2, 0.25) is 0 Å². The fourth-order valence-corrected chi connectivity index (χ4v) is 3.44. The van der Waals surface area contributed by atoms with Crippen molar-refractivity contribution in [2.45, 2.75) is 19.9 Å². The fraction of sp³-hybridized carbons (Fsp3) is 0.150. The summed E-state index contributed by atoms with van der Waals surface area (Å²) in [6.45, 7) is 3.90. The number of amides is 1. The Hall–Kier alpha value is -2.93. The lowest BCUT2D eigenvalue weighted by atomic mass is 9.95. The number of halogens is 1. The topological polar surface area (TPSA) is 71.8 Å². The molecule has 6 nitrogen and oxygen atoms in total. The first kappa shape index (κ1) is 17.5. The summed E-state index contributed by atoms with van der Waals surface area (Å²) in [5.74, 6) is 0.449. The number of hydrogen-bond acceptors (Lipinski definition) is 4. The van der Waals surface area contributed by atoms with Gasteiger partial charge in [-0.25, -0.2) is 4.68 Å². The van der Waals surface area contributed by atoms with Crippen LogP contribution in [0, 0.1) is 6.92 Å². The second kappa shape index (κ2) is 7.00. The monoisotopic (exact) mass is 423 g/mol. The van der Waals surface area contributed by atoms with Gasteiger partial charge in [-0.2, -0.15) is 10.1 Å². The maximum absolute atomic E-state index is 13.2. The van der Waals surface area contributed by atoms with E-state index in [-0.39, 0.29) is 11.9 Å². The maximum atomic E-state index is 13.2. The number of nitrogens with zero attached hydrogens (tertiary/aromatic N) is 3. The summed E-state index contributed by atoms with van der Waals surface area (Å²) in [6, 6.07) is 15.3. The Kier molecular flexibility index (Phi) is 4.53. The van der Waals surface area contributed by atoms with Gasteiger partial charge >= 0.3 is 0 Å². The van der Waals surface area contributed by atoms with Gasteiger partial charge in [0, 0.05) is 15.9 Å². The third-order valence-electron chi connectivity index (χ3n) is 4.53. The maximum Gasteiger partial charge on any atom is 0.255 e. The molecule has 0 spiro atoms. The molecule has 0 saturated carbocycles. The van der Waals surface area contributed by atoms with E-state index in [0.717, 1.165) is 27.0 Å². The lowest BCUT2D eigenvalue weighted by molar-refractivity contribution is -0.113. The van der Waals surface area contributed by atoms with E-state index in [2.05, 4.69) is 36.6 Å². The molecule has 0 radical (unpaired) electrons. The summed E-state index contributed by atoms with van der Waals surface area (Å²) in [6.07, 6.45) is 1.49. The first-order valence-corrected chi connectivity index (χ1v) is 9.33. The Morgan fingerprint density at radius 1 is 1.11 bits per heavy atom. The van der Waals surface area contributed by atoms with Gasteiger partial charge in [-0.1, -0.05) is 45.8 Å². The van der Waals surface area contributed by atoms with Crippen LogP contribution in [0.5, 0.6) is 0 Å². The van der Waals surface area contributed by atoms with Crippen LogP contribution in [0.1, 0.15) is 24.1 Å². The molecular formula is C20H18BrN5O. The van der Waals surface area contributed by atoms with Gasteiger partial charge in [-0.3, -0.25) is 4.79 Å². The van der Waals surface area contributed by atoms with Crippen molar-refractivity contribution in [1.82, 2.24) is 14.8 Å². The number of carbonyl (C=O) groups is 1. The average molecular weight is 424 g/mol. The van der Waals surface area contributed by atoms with Gasteiger partial charge in [-0.05, 0) is 43.7 Å². The third kappa shape index (κ3) is 3.38. The Morgan fingerprint density at radius 2 is 1.81 bits per heavy atom. The van der Waals surface area contributed by atoms with Crippen molar-refractivity contribution in [3.05, 3.63) is 81.7 Å². The highest BCUT2D eigenvalue weighted by molar-refractivity contribution is 9.10. The van der Waals surface area contributed by atoms with Crippen LogP contribution in [-0.2, 0) is 4.79 Å². The predicted octanol–water partition coefficient (Wildman–Crippen LogP) is 4.28. The van der Waals surface area contributed by atoms with Crippen LogP contribution in [0.15, 0.2) is 70.6 Å². The molecule has 4 rings (SSSR count). The molecule has 7 heteroatoms. The Bertz CT molecular complexity index is 1020. The minimum Gasteiger partial charge on any atom is -0.328 e. The summed E-state index contributed by atoms with van der Waals surface area (Å²) in [7, 11) is 0. The number of carbonyl (C=O) groups excluding carboxylic acids is 1. The van der Waals surface area contributed by atoms with E-state index in [4.69, 9.17) is 0 Å². The van der Waals surface area contributed by atoms with E-state index in [1.807, 2.05) is 62.4 Å². The minimum absolute atomic E-state index is 0.169. The fourth-order valence-electron chi connectivity index (χ4n) is 3.17. The average Bonchev–Trinajstić information content (AvgIpc) is 3.11. The van der Waals surface area contributed by atoms with Gasteiger partial charge in [0.25, 0.3) is 5.91 Å². The summed E-state index contributed by atoms with van der Waals surface area (Å²) in [4.78, 5) is 17.4. The van der Waals surface area contributed by atoms with Crippen molar-refractivity contribution in [3.8, 4) is 0 Å². The van der Waals surface area contributed by atoms with E-state index in [0.29, 0.717) is 11.5 Å². The number of nitrogens with one attached hydrogen (secondary N) is 2. The standard InChI is InChI=1S/C20H18BrN5O/c1-12-3-9-16(10-4-12)25-19(27)17-13(2)24-20-22-11-23-26(20)18(17)14-5-7-15(21)8-6-14/h3-11,18H,1-2H3,(H,25,27)(H,22,23,24)/t18-/m1/s1. The first-order chi connectivity index (χ1) is 13.0. The smallest absolute Gasteiger partial charge is 0.255 e. The van der Waals surface area contributed by atoms with Crippen LogP contribution in [-0.4, -0.2) is 20.7 Å². The molecular weight excluding hydrogens is 406 g/mol. The number of rotatable bonds is 3. The molecule has 3 aromatic rings. The van der Waals surface area contributed by atoms with Crippen molar-refractivity contribution < 1.29 is 4.79 Å². The van der Waals surface area contributed by atoms with E-state index in [1.54, 1.807) is 4.68 Å². The minimum atomic E-state index is -0.359. The molecule has 136 valence electrons. The van der Waals surface area contributed by atoms with Crippen molar-refractivity contribution in [3.63, 3.8) is 0 Å². The zero-order valence-corrected chi connectivity index (χ0v) is 16.5. The van der Waals surface area contributed by atoms with Crippen molar-refractivity contribution >= 4 is 33.5 Å². The number of fused-ring (bicyclic) bond motifs is 1. The molecule has 1 atom stereocenters. The molecule has 1 aromatic heterocycles. The highest BCUT2D eigenvalue weighted by Gasteiger charge is 2.33. The molecule has 0 aliphatic carbocycles. The molecule has 0 bridgehead atoms. The number of aromatic nitrogens is 3. The summed E-state index contributed by atoms with van der Waals surface area (Å²) < 4.78 is 2.71. The van der Waals surface area contributed by atoms with Gasteiger partial charge in [0.1, 0.15) is 12.4 Å². The lowest BCUT2D eigenvalue weighted by Gasteiger charge is -2.28. The first-order valence-electron chi connectivity index (χ1n) is 8.54. The molecule has 2 N–H and O–H groups in total. The molecule has 0 fully saturated rings. The zero-order valence-electron chi connectivity index (χ0n) is 14.9. The Labute approximate surface area is 165 Å². The van der Waals surface area contributed by atoms with Crippen LogP contribution in [0.4, 0.5) is 11.6 Å². The summed E-state index contributed by atoms with van der Waals surface area (Å²) >= 11 is 3.46. The number of anilines is 2. The molecule has 1 aliphatic rings. The van der Waals surface area contributed by atoms with E-state index < -0.39 is 0 Å². The van der Waals surface area contributed by atoms with E-state index in [9.17, 15) is 4.79 Å². The second-order valence-corrected chi connectivity index (χ2v) is 7.38. The number of aryl methyl sites for hydroxylation is 1. The predicted molar refractivity (Wildman–Crippen MR) is 108 cm³/mol. The van der Waals surface area contributed by atoms with Crippen LogP contribution in [0.3, 0.4) is 0 Å². The lowest BCUT2D eigenvalue weighted by Crippen LogP contribution is -2.31. The molecule has 2 aromatic carbocycles. The zero-order chi connectivity index (χ0) is 19.0. The van der Waals surface area contributed by atoms with Crippen LogP contribution < -0.4 is 10.6 Å². The number of allylic oxidation sites excluding steroid dienone is 1. The number of benzene rings is 2. The number of hydrogen-bond donors (Lipinski definition) is 2. The summed E-state index contributed by atoms with van der Waals surface area (Å²) in [5.41, 5.74) is 4.22. The summed E-state index contributed by atoms with van der Waals surface area (Å²) in [5, 5.41) is 10.5. The normalized spacial score (nSPS) is 15.9. The molecule has 27 heavy (non-hydrogen) atoms. The molecule has 2 heterocycles. The van der Waals surface area contributed by atoms with Crippen molar-refractivity contribution in [2.24, 2.45) is 0 Å². The van der Waals surface area contributed by atoms with Crippen molar-refractivity contribution in [1.29, 1.82) is 0 Å². The van der Waals surface area contributed by atoms with Gasteiger partial charge in [0.05, 0.1) is 5.57 Å². The van der Waals surface area contributed by atoms with Gasteiger partial charge in [0.2, 0.25) is 5.95 Å². The highest BCUT2D eigenvalue weighted by atomic mass is 79.9. The quantitative estimate of drug-likeness (QED) is 0.659. The third-order valence-corrected chi connectivity index (χ3v) is 5.06. The van der Waals surface area contributed by atoms with Crippen molar-refractivity contribution in [2.75, 3.05) is 10.6 Å². The van der Waals surface area contributed by atoms with Gasteiger partial charge in [-0.15, -0.1) is 0 Å². The van der Waals surface area contributed by atoms with Gasteiger partial charge in [0.15, 0.2) is 0 Å².